The zero-order chi connectivity index (χ0) is 14.3. The van der Waals surface area contributed by atoms with Crippen molar-refractivity contribution in [1.29, 1.82) is 0 Å². The Kier molecular flexibility index (Phi) is 6.49. The van der Waals surface area contributed by atoms with Gasteiger partial charge < -0.3 is 9.26 Å². The van der Waals surface area contributed by atoms with Crippen LogP contribution in [0.5, 0.6) is 0 Å². The van der Waals surface area contributed by atoms with Crippen LogP contribution in [0.25, 0.3) is 0 Å². The summed E-state index contributed by atoms with van der Waals surface area (Å²) in [6.45, 7) is 5.63. The molecule has 1 heterocycles. The van der Waals surface area contributed by atoms with Crippen molar-refractivity contribution < 1.29 is 14.1 Å². The molecule has 0 saturated heterocycles. The largest absolute Gasteiger partial charge is 0.469 e. The minimum absolute atomic E-state index is 0.176. The summed E-state index contributed by atoms with van der Waals surface area (Å²) < 4.78 is 9.78. The SMILES string of the molecule is COC(=O)CCCN(C)Cc1nc(CC(C)C)no1. The number of hydrogen-bond donors (Lipinski definition) is 0. The van der Waals surface area contributed by atoms with E-state index < -0.39 is 0 Å². The summed E-state index contributed by atoms with van der Waals surface area (Å²) in [7, 11) is 3.37. The first-order valence-corrected chi connectivity index (χ1v) is 6.58. The van der Waals surface area contributed by atoms with E-state index in [0.29, 0.717) is 24.8 Å². The maximum Gasteiger partial charge on any atom is 0.305 e. The Morgan fingerprint density at radius 2 is 2.21 bits per heavy atom. The molecule has 108 valence electrons. The number of aromatic nitrogens is 2. The average molecular weight is 269 g/mol. The summed E-state index contributed by atoms with van der Waals surface area (Å²) in [6.07, 6.45) is 2.02. The van der Waals surface area contributed by atoms with Gasteiger partial charge in [-0.05, 0) is 25.9 Å². The van der Waals surface area contributed by atoms with Gasteiger partial charge in [0.25, 0.3) is 0 Å². The van der Waals surface area contributed by atoms with E-state index in [2.05, 4.69) is 33.6 Å². The zero-order valence-corrected chi connectivity index (χ0v) is 12.2. The van der Waals surface area contributed by atoms with Crippen molar-refractivity contribution in [2.75, 3.05) is 20.7 Å². The summed E-state index contributed by atoms with van der Waals surface area (Å²) in [4.78, 5) is 17.4. The van der Waals surface area contributed by atoms with Gasteiger partial charge in [0.05, 0.1) is 13.7 Å². The molecule has 0 fully saturated rings. The van der Waals surface area contributed by atoms with E-state index in [1.54, 1.807) is 0 Å². The van der Waals surface area contributed by atoms with Crippen molar-refractivity contribution in [1.82, 2.24) is 15.0 Å². The van der Waals surface area contributed by atoms with Gasteiger partial charge in [0, 0.05) is 12.8 Å². The minimum Gasteiger partial charge on any atom is -0.469 e. The first-order chi connectivity index (χ1) is 9.01. The molecule has 0 amide bonds. The Morgan fingerprint density at radius 3 is 2.84 bits per heavy atom. The molecule has 0 aliphatic carbocycles. The normalized spacial score (nSPS) is 11.3. The summed E-state index contributed by atoms with van der Waals surface area (Å²) in [5.74, 6) is 1.72. The highest BCUT2D eigenvalue weighted by Gasteiger charge is 2.10. The Bertz CT molecular complexity index is 390. The van der Waals surface area contributed by atoms with E-state index in [9.17, 15) is 4.79 Å². The minimum atomic E-state index is -0.176. The van der Waals surface area contributed by atoms with Crippen LogP contribution in [0, 0.1) is 5.92 Å². The third-order valence-electron chi connectivity index (χ3n) is 2.65. The Labute approximate surface area is 114 Å². The van der Waals surface area contributed by atoms with Gasteiger partial charge >= 0.3 is 5.97 Å². The standard InChI is InChI=1S/C13H23N3O3/c1-10(2)8-11-14-12(19-15-11)9-16(3)7-5-6-13(17)18-4/h10H,5-9H2,1-4H3. The second-order valence-electron chi connectivity index (χ2n) is 5.12. The number of ether oxygens (including phenoxy) is 1. The van der Waals surface area contributed by atoms with Crippen molar-refractivity contribution in [3.05, 3.63) is 11.7 Å². The molecule has 0 saturated carbocycles. The molecule has 6 heteroatoms. The molecule has 0 unspecified atom stereocenters. The van der Waals surface area contributed by atoms with Crippen LogP contribution in [-0.2, 0) is 22.5 Å². The van der Waals surface area contributed by atoms with Gasteiger partial charge in [0.15, 0.2) is 5.82 Å². The predicted octanol–water partition coefficient (Wildman–Crippen LogP) is 1.65. The van der Waals surface area contributed by atoms with E-state index in [1.165, 1.54) is 7.11 Å². The molecule has 19 heavy (non-hydrogen) atoms. The van der Waals surface area contributed by atoms with Crippen molar-refractivity contribution in [3.63, 3.8) is 0 Å². The molecule has 0 atom stereocenters. The fraction of sp³-hybridized carbons (Fsp3) is 0.769. The van der Waals surface area contributed by atoms with Gasteiger partial charge in [0.1, 0.15) is 0 Å². The third-order valence-corrected chi connectivity index (χ3v) is 2.65. The number of nitrogens with zero attached hydrogens (tertiary/aromatic N) is 3. The second kappa shape index (κ2) is 7.89. The van der Waals surface area contributed by atoms with Gasteiger partial charge in [-0.15, -0.1) is 0 Å². The van der Waals surface area contributed by atoms with Gasteiger partial charge in [-0.3, -0.25) is 9.69 Å². The van der Waals surface area contributed by atoms with Gasteiger partial charge in [-0.25, -0.2) is 0 Å². The second-order valence-corrected chi connectivity index (χ2v) is 5.12. The lowest BCUT2D eigenvalue weighted by atomic mass is 10.1. The smallest absolute Gasteiger partial charge is 0.305 e. The number of carbonyl (C=O) groups is 1. The van der Waals surface area contributed by atoms with Crippen LogP contribution >= 0.6 is 0 Å². The molecule has 0 aliphatic heterocycles. The summed E-state index contributed by atoms with van der Waals surface area (Å²) in [6, 6.07) is 0. The summed E-state index contributed by atoms with van der Waals surface area (Å²) in [5, 5.41) is 3.94. The van der Waals surface area contributed by atoms with E-state index in [1.807, 2.05) is 7.05 Å². The van der Waals surface area contributed by atoms with Crippen molar-refractivity contribution >= 4 is 5.97 Å². The maximum atomic E-state index is 11.0. The molecule has 0 radical (unpaired) electrons. The van der Waals surface area contributed by atoms with Crippen molar-refractivity contribution in [2.45, 2.75) is 39.7 Å². The fourth-order valence-corrected chi connectivity index (χ4v) is 1.71. The average Bonchev–Trinajstić information content (AvgIpc) is 2.75. The van der Waals surface area contributed by atoms with Crippen LogP contribution in [0.15, 0.2) is 4.52 Å². The van der Waals surface area contributed by atoms with Crippen LogP contribution in [0.3, 0.4) is 0 Å². The molecule has 1 rings (SSSR count). The molecule has 1 aromatic rings. The van der Waals surface area contributed by atoms with E-state index >= 15 is 0 Å². The quantitative estimate of drug-likeness (QED) is 0.668. The molecular formula is C13H23N3O3. The first-order valence-electron chi connectivity index (χ1n) is 6.58. The van der Waals surface area contributed by atoms with Gasteiger partial charge in [-0.1, -0.05) is 19.0 Å². The van der Waals surface area contributed by atoms with E-state index in [0.717, 1.165) is 25.2 Å². The van der Waals surface area contributed by atoms with Crippen LogP contribution in [0.2, 0.25) is 0 Å². The lowest BCUT2D eigenvalue weighted by Gasteiger charge is -2.12. The van der Waals surface area contributed by atoms with E-state index in [-0.39, 0.29) is 5.97 Å². The lowest BCUT2D eigenvalue weighted by Crippen LogP contribution is -2.20. The van der Waals surface area contributed by atoms with Crippen molar-refractivity contribution in [2.24, 2.45) is 5.92 Å². The number of esters is 1. The molecule has 1 aromatic heterocycles. The Hall–Kier alpha value is -1.43. The fourth-order valence-electron chi connectivity index (χ4n) is 1.71. The van der Waals surface area contributed by atoms with Crippen LogP contribution in [-0.4, -0.2) is 41.7 Å². The van der Waals surface area contributed by atoms with Crippen LogP contribution < -0.4 is 0 Å². The molecular weight excluding hydrogens is 246 g/mol. The molecule has 0 aliphatic rings. The maximum absolute atomic E-state index is 11.0. The summed E-state index contributed by atoms with van der Waals surface area (Å²) >= 11 is 0. The molecule has 0 N–H and O–H groups in total. The van der Waals surface area contributed by atoms with Crippen molar-refractivity contribution in [3.8, 4) is 0 Å². The molecule has 0 bridgehead atoms. The topological polar surface area (TPSA) is 68.5 Å². The Morgan fingerprint density at radius 1 is 1.47 bits per heavy atom. The zero-order valence-electron chi connectivity index (χ0n) is 12.2. The number of carbonyl (C=O) groups excluding carboxylic acids is 1. The number of rotatable bonds is 8. The Balaban J connectivity index is 2.29. The molecule has 0 aromatic carbocycles. The summed E-state index contributed by atoms with van der Waals surface area (Å²) in [5.41, 5.74) is 0. The highest BCUT2D eigenvalue weighted by Crippen LogP contribution is 2.07. The number of methoxy groups -OCH3 is 1. The number of hydrogen-bond acceptors (Lipinski definition) is 6. The van der Waals surface area contributed by atoms with Gasteiger partial charge in [-0.2, -0.15) is 4.98 Å². The first kappa shape index (κ1) is 15.6. The predicted molar refractivity (Wildman–Crippen MR) is 70.4 cm³/mol. The van der Waals surface area contributed by atoms with Gasteiger partial charge in [0.2, 0.25) is 5.89 Å². The molecule has 0 spiro atoms. The van der Waals surface area contributed by atoms with Crippen LogP contribution in [0.1, 0.15) is 38.4 Å². The highest BCUT2D eigenvalue weighted by atomic mass is 16.5. The third kappa shape index (κ3) is 6.33. The highest BCUT2D eigenvalue weighted by molar-refractivity contribution is 5.69. The van der Waals surface area contributed by atoms with Crippen LogP contribution in [0.4, 0.5) is 0 Å². The van der Waals surface area contributed by atoms with E-state index in [4.69, 9.17) is 4.52 Å². The lowest BCUT2D eigenvalue weighted by molar-refractivity contribution is -0.140. The molecule has 6 nitrogen and oxygen atoms in total. The monoisotopic (exact) mass is 269 g/mol.